The van der Waals surface area contributed by atoms with E-state index in [1.165, 1.54) is 6.92 Å². The van der Waals surface area contributed by atoms with Crippen LogP contribution in [0.5, 0.6) is 0 Å². The highest BCUT2D eigenvalue weighted by atomic mass is 16.6. The predicted molar refractivity (Wildman–Crippen MR) is 73.8 cm³/mol. The number of hydrogen-bond acceptors (Lipinski definition) is 6. The van der Waals surface area contributed by atoms with E-state index in [2.05, 4.69) is 5.32 Å². The zero-order chi connectivity index (χ0) is 14.9. The first-order valence-corrected chi connectivity index (χ1v) is 6.81. The van der Waals surface area contributed by atoms with Crippen LogP contribution in [0.3, 0.4) is 0 Å². The van der Waals surface area contributed by atoms with Gasteiger partial charge in [0.05, 0.1) is 59.5 Å². The summed E-state index contributed by atoms with van der Waals surface area (Å²) in [4.78, 5) is 10.6. The van der Waals surface area contributed by atoms with Gasteiger partial charge in [-0.3, -0.25) is 4.79 Å². The Labute approximate surface area is 120 Å². The fourth-order valence-corrected chi connectivity index (χ4v) is 1.20. The van der Waals surface area contributed by atoms with Gasteiger partial charge >= 0.3 is 0 Å². The van der Waals surface area contributed by atoms with Crippen molar-refractivity contribution in [2.45, 2.75) is 6.92 Å². The lowest BCUT2D eigenvalue weighted by molar-refractivity contribution is -0.119. The molecule has 0 aromatic carbocycles. The van der Waals surface area contributed by atoms with E-state index in [4.69, 9.17) is 23.7 Å². The van der Waals surface area contributed by atoms with Gasteiger partial charge in [-0.15, -0.1) is 0 Å². The maximum Gasteiger partial charge on any atom is 0.216 e. The standard InChI is InChI=1S/C13H27NO6/c1-13(15)14-3-4-17-7-8-19-11-12-20-10-9-18-6-5-16-2/h3-12H2,1-2H3,(H,14,15). The molecule has 0 heterocycles. The van der Waals surface area contributed by atoms with Crippen LogP contribution >= 0.6 is 0 Å². The molecule has 0 atom stereocenters. The third kappa shape index (κ3) is 17.3. The third-order valence-corrected chi connectivity index (χ3v) is 2.17. The van der Waals surface area contributed by atoms with Crippen LogP contribution < -0.4 is 5.32 Å². The number of nitrogens with one attached hydrogen (secondary N) is 1. The van der Waals surface area contributed by atoms with E-state index in [0.717, 1.165) is 0 Å². The van der Waals surface area contributed by atoms with Gasteiger partial charge in [-0.05, 0) is 0 Å². The van der Waals surface area contributed by atoms with Crippen molar-refractivity contribution >= 4 is 5.91 Å². The Morgan fingerprint density at radius 3 is 1.55 bits per heavy atom. The van der Waals surface area contributed by atoms with E-state index in [1.807, 2.05) is 0 Å². The van der Waals surface area contributed by atoms with E-state index >= 15 is 0 Å². The molecular weight excluding hydrogens is 266 g/mol. The number of hydrogen-bond donors (Lipinski definition) is 1. The summed E-state index contributed by atoms with van der Waals surface area (Å²) in [7, 11) is 1.64. The summed E-state index contributed by atoms with van der Waals surface area (Å²) in [6.45, 7) is 6.93. The Hall–Kier alpha value is -0.730. The molecule has 0 radical (unpaired) electrons. The van der Waals surface area contributed by atoms with Gasteiger partial charge < -0.3 is 29.0 Å². The first-order chi connectivity index (χ1) is 9.77. The highest BCUT2D eigenvalue weighted by Crippen LogP contribution is 1.83. The summed E-state index contributed by atoms with van der Waals surface area (Å²) in [5, 5.41) is 2.64. The number of methoxy groups -OCH3 is 1. The lowest BCUT2D eigenvalue weighted by atomic mass is 10.6. The van der Waals surface area contributed by atoms with Gasteiger partial charge in [0.15, 0.2) is 0 Å². The number of ether oxygens (including phenoxy) is 5. The van der Waals surface area contributed by atoms with Crippen molar-refractivity contribution in [2.24, 2.45) is 0 Å². The maximum absolute atomic E-state index is 10.6. The van der Waals surface area contributed by atoms with Crippen LogP contribution in [0.15, 0.2) is 0 Å². The van der Waals surface area contributed by atoms with E-state index in [1.54, 1.807) is 7.11 Å². The SMILES string of the molecule is COCCOCCOCCOCCOCCNC(C)=O. The minimum Gasteiger partial charge on any atom is -0.382 e. The molecule has 20 heavy (non-hydrogen) atoms. The summed E-state index contributed by atoms with van der Waals surface area (Å²) < 4.78 is 25.9. The molecule has 7 nitrogen and oxygen atoms in total. The van der Waals surface area contributed by atoms with Crippen molar-refractivity contribution in [3.8, 4) is 0 Å². The molecule has 7 heteroatoms. The normalized spacial score (nSPS) is 10.7. The molecule has 1 N–H and O–H groups in total. The van der Waals surface area contributed by atoms with Crippen LogP contribution in [0.25, 0.3) is 0 Å². The molecule has 0 saturated carbocycles. The van der Waals surface area contributed by atoms with Crippen LogP contribution in [-0.4, -0.2) is 79.0 Å². The van der Waals surface area contributed by atoms with Crippen LogP contribution in [0.2, 0.25) is 0 Å². The molecule has 0 fully saturated rings. The Balaban J connectivity index is 2.94. The second-order valence-corrected chi connectivity index (χ2v) is 3.93. The number of amides is 1. The molecule has 0 aliphatic carbocycles. The first-order valence-electron chi connectivity index (χ1n) is 6.81. The van der Waals surface area contributed by atoms with Crippen molar-refractivity contribution in [3.05, 3.63) is 0 Å². The number of rotatable bonds is 15. The fraction of sp³-hybridized carbons (Fsp3) is 0.923. The van der Waals surface area contributed by atoms with Crippen molar-refractivity contribution in [1.29, 1.82) is 0 Å². The van der Waals surface area contributed by atoms with Crippen molar-refractivity contribution in [2.75, 3.05) is 73.1 Å². The zero-order valence-corrected chi connectivity index (χ0v) is 12.5. The second-order valence-electron chi connectivity index (χ2n) is 3.93. The molecule has 0 unspecified atom stereocenters. The van der Waals surface area contributed by atoms with Gasteiger partial charge in [0.25, 0.3) is 0 Å². The third-order valence-electron chi connectivity index (χ3n) is 2.17. The summed E-state index contributed by atoms with van der Waals surface area (Å²) >= 11 is 0. The maximum atomic E-state index is 10.6. The van der Waals surface area contributed by atoms with E-state index in [9.17, 15) is 4.79 Å². The smallest absolute Gasteiger partial charge is 0.216 e. The molecule has 0 aliphatic heterocycles. The molecule has 0 aromatic rings. The Kier molecular flexibility index (Phi) is 15.7. The average molecular weight is 293 g/mol. The molecule has 0 spiro atoms. The topological polar surface area (TPSA) is 75.2 Å². The largest absolute Gasteiger partial charge is 0.382 e. The number of carbonyl (C=O) groups is 1. The van der Waals surface area contributed by atoms with E-state index in [-0.39, 0.29) is 5.91 Å². The van der Waals surface area contributed by atoms with Crippen molar-refractivity contribution < 1.29 is 28.5 Å². The minimum absolute atomic E-state index is 0.0480. The molecule has 1 amide bonds. The Morgan fingerprint density at radius 1 is 0.750 bits per heavy atom. The molecule has 0 aromatic heterocycles. The second kappa shape index (κ2) is 16.3. The van der Waals surface area contributed by atoms with E-state index < -0.39 is 0 Å². The lowest BCUT2D eigenvalue weighted by Crippen LogP contribution is -2.25. The quantitative estimate of drug-likeness (QED) is 0.423. The summed E-state index contributed by atoms with van der Waals surface area (Å²) in [5.41, 5.74) is 0. The lowest BCUT2D eigenvalue weighted by Gasteiger charge is -2.07. The summed E-state index contributed by atoms with van der Waals surface area (Å²) in [5.74, 6) is -0.0480. The summed E-state index contributed by atoms with van der Waals surface area (Å²) in [6, 6.07) is 0. The average Bonchev–Trinajstić information content (AvgIpc) is 2.43. The minimum atomic E-state index is -0.0480. The highest BCUT2D eigenvalue weighted by molar-refractivity contribution is 5.72. The monoisotopic (exact) mass is 293 g/mol. The Morgan fingerprint density at radius 2 is 1.15 bits per heavy atom. The van der Waals surface area contributed by atoms with Crippen LogP contribution in [0.1, 0.15) is 6.92 Å². The molecule has 0 bridgehead atoms. The van der Waals surface area contributed by atoms with Gasteiger partial charge in [0, 0.05) is 20.6 Å². The van der Waals surface area contributed by atoms with Gasteiger partial charge in [0.1, 0.15) is 0 Å². The van der Waals surface area contributed by atoms with Gasteiger partial charge in [0.2, 0.25) is 5.91 Å². The van der Waals surface area contributed by atoms with Crippen molar-refractivity contribution in [3.63, 3.8) is 0 Å². The van der Waals surface area contributed by atoms with Crippen LogP contribution in [0, 0.1) is 0 Å². The van der Waals surface area contributed by atoms with Gasteiger partial charge in [-0.25, -0.2) is 0 Å². The molecule has 0 rings (SSSR count). The Bertz CT molecular complexity index is 215. The predicted octanol–water partition coefficient (Wildman–Crippen LogP) is -0.165. The van der Waals surface area contributed by atoms with Gasteiger partial charge in [-0.1, -0.05) is 0 Å². The highest BCUT2D eigenvalue weighted by Gasteiger charge is 1.93. The van der Waals surface area contributed by atoms with Crippen molar-refractivity contribution in [1.82, 2.24) is 5.32 Å². The van der Waals surface area contributed by atoms with Gasteiger partial charge in [-0.2, -0.15) is 0 Å². The molecular formula is C13H27NO6. The molecule has 120 valence electrons. The van der Waals surface area contributed by atoms with E-state index in [0.29, 0.717) is 66.0 Å². The van der Waals surface area contributed by atoms with Crippen LogP contribution in [-0.2, 0) is 28.5 Å². The summed E-state index contributed by atoms with van der Waals surface area (Å²) in [6.07, 6.45) is 0. The number of carbonyl (C=O) groups excluding carboxylic acids is 1. The molecule has 0 saturated heterocycles. The van der Waals surface area contributed by atoms with Crippen LogP contribution in [0.4, 0.5) is 0 Å². The fourth-order valence-electron chi connectivity index (χ4n) is 1.20. The molecule has 0 aliphatic rings. The first kappa shape index (κ1) is 19.3. The zero-order valence-electron chi connectivity index (χ0n) is 12.5.